The number of anilines is 1. The first kappa shape index (κ1) is 24.6. The van der Waals surface area contributed by atoms with Crippen LogP contribution in [0.25, 0.3) is 11.0 Å². The van der Waals surface area contributed by atoms with Gasteiger partial charge in [0.15, 0.2) is 0 Å². The lowest BCUT2D eigenvalue weighted by molar-refractivity contribution is -0.138. The molecule has 1 N–H and O–H groups in total. The van der Waals surface area contributed by atoms with Gasteiger partial charge in [0.25, 0.3) is 0 Å². The zero-order valence-corrected chi connectivity index (χ0v) is 21.2. The molecular formula is C27H30ClN3O5. The number of hydrogen-bond donors (Lipinski definition) is 1. The number of rotatable bonds is 5. The first-order valence-corrected chi connectivity index (χ1v) is 12.7. The number of amides is 1. The van der Waals surface area contributed by atoms with E-state index in [1.165, 1.54) is 7.11 Å². The summed E-state index contributed by atoms with van der Waals surface area (Å²) < 4.78 is 13.0. The lowest BCUT2D eigenvalue weighted by Gasteiger charge is -2.34. The number of carboxylic acid groups (broad SMARTS) is 1. The molecule has 3 heterocycles. The van der Waals surface area contributed by atoms with E-state index in [0.29, 0.717) is 23.0 Å². The molecular weight excluding hydrogens is 482 g/mol. The van der Waals surface area contributed by atoms with Gasteiger partial charge in [-0.25, -0.2) is 9.78 Å². The van der Waals surface area contributed by atoms with Crippen LogP contribution in [0.15, 0.2) is 36.4 Å². The molecule has 0 saturated carbocycles. The number of halogens is 1. The fraction of sp³-hybridized carbons (Fsp3) is 0.444. The maximum Gasteiger partial charge on any atom is 0.414 e. The van der Waals surface area contributed by atoms with E-state index >= 15 is 0 Å². The molecule has 5 rings (SSSR count). The summed E-state index contributed by atoms with van der Waals surface area (Å²) in [5.74, 6) is -0.979. The molecule has 1 aromatic heterocycles. The van der Waals surface area contributed by atoms with E-state index in [2.05, 4.69) is 4.57 Å². The minimum absolute atomic E-state index is 0.0111. The van der Waals surface area contributed by atoms with Gasteiger partial charge in [0, 0.05) is 29.7 Å². The van der Waals surface area contributed by atoms with Crippen molar-refractivity contribution in [2.45, 2.75) is 57.0 Å². The van der Waals surface area contributed by atoms with Crippen LogP contribution < -0.4 is 4.90 Å². The van der Waals surface area contributed by atoms with E-state index in [1.807, 2.05) is 19.1 Å². The molecule has 0 bridgehead atoms. The molecule has 9 heteroatoms. The number of fused-ring (bicyclic) bond motifs is 3. The summed E-state index contributed by atoms with van der Waals surface area (Å²) in [5, 5.41) is 10.7. The number of methoxy groups -OCH3 is 1. The van der Waals surface area contributed by atoms with Crippen molar-refractivity contribution in [3.8, 4) is 0 Å². The number of ether oxygens (including phenoxy) is 2. The molecule has 2 aliphatic rings. The summed E-state index contributed by atoms with van der Waals surface area (Å²) >= 11 is 6.04. The summed E-state index contributed by atoms with van der Waals surface area (Å²) in [5.41, 5.74) is 4.23. The SMILES string of the molecule is COC(=O)N1c2ccc3c(nc(C[C@H](C(=O)O)c4ccc(Cl)cc4)n3[C@H]3CCCOC3)c2CC[C@@H]1C. The number of carbonyl (C=O) groups is 2. The second-order valence-electron chi connectivity index (χ2n) is 9.57. The summed E-state index contributed by atoms with van der Waals surface area (Å²) in [7, 11) is 1.39. The van der Waals surface area contributed by atoms with Crippen LogP contribution >= 0.6 is 11.6 Å². The largest absolute Gasteiger partial charge is 0.481 e. The van der Waals surface area contributed by atoms with Crippen LogP contribution in [0, 0.1) is 0 Å². The number of hydrogen-bond acceptors (Lipinski definition) is 5. The number of nitrogens with zero attached hydrogens (tertiary/aromatic N) is 3. The Kier molecular flexibility index (Phi) is 6.90. The molecule has 0 aliphatic carbocycles. The molecule has 36 heavy (non-hydrogen) atoms. The Hall–Kier alpha value is -3.10. The minimum atomic E-state index is -0.913. The Bertz CT molecular complexity index is 1280. The highest BCUT2D eigenvalue weighted by Gasteiger charge is 2.33. The van der Waals surface area contributed by atoms with Crippen LogP contribution in [-0.4, -0.2) is 53.1 Å². The van der Waals surface area contributed by atoms with Gasteiger partial charge in [-0.3, -0.25) is 9.69 Å². The molecule has 2 aromatic carbocycles. The first-order valence-electron chi connectivity index (χ1n) is 12.3. The summed E-state index contributed by atoms with van der Waals surface area (Å²) in [6.07, 6.45) is 3.27. The zero-order valence-electron chi connectivity index (χ0n) is 20.4. The molecule has 3 atom stereocenters. The predicted molar refractivity (Wildman–Crippen MR) is 137 cm³/mol. The third-order valence-electron chi connectivity index (χ3n) is 7.36. The van der Waals surface area contributed by atoms with Crippen molar-refractivity contribution in [3.63, 3.8) is 0 Å². The van der Waals surface area contributed by atoms with E-state index in [1.54, 1.807) is 29.2 Å². The normalized spacial score (nSPS) is 20.7. The van der Waals surface area contributed by atoms with Crippen molar-refractivity contribution in [3.05, 3.63) is 58.4 Å². The Balaban J connectivity index is 1.64. The highest BCUT2D eigenvalue weighted by Crippen LogP contribution is 2.39. The Morgan fingerprint density at radius 1 is 1.22 bits per heavy atom. The molecule has 0 unspecified atom stereocenters. The minimum Gasteiger partial charge on any atom is -0.481 e. The number of aryl methyl sites for hydroxylation is 1. The monoisotopic (exact) mass is 511 g/mol. The van der Waals surface area contributed by atoms with Gasteiger partial charge in [0.05, 0.1) is 42.4 Å². The molecule has 0 radical (unpaired) electrons. The van der Waals surface area contributed by atoms with Gasteiger partial charge in [-0.1, -0.05) is 23.7 Å². The molecule has 1 saturated heterocycles. The average Bonchev–Trinajstić information content (AvgIpc) is 3.26. The smallest absolute Gasteiger partial charge is 0.414 e. The third kappa shape index (κ3) is 4.44. The molecule has 190 valence electrons. The van der Waals surface area contributed by atoms with Crippen LogP contribution in [-0.2, 0) is 27.1 Å². The maximum absolute atomic E-state index is 12.6. The van der Waals surface area contributed by atoms with E-state index < -0.39 is 18.0 Å². The first-order chi connectivity index (χ1) is 17.4. The fourth-order valence-electron chi connectivity index (χ4n) is 5.53. The van der Waals surface area contributed by atoms with Gasteiger partial charge in [0.2, 0.25) is 0 Å². The van der Waals surface area contributed by atoms with Crippen molar-refractivity contribution in [2.75, 3.05) is 25.2 Å². The van der Waals surface area contributed by atoms with Gasteiger partial charge < -0.3 is 19.1 Å². The lowest BCUT2D eigenvalue weighted by atomic mass is 9.95. The van der Waals surface area contributed by atoms with E-state index in [4.69, 9.17) is 26.1 Å². The quantitative estimate of drug-likeness (QED) is 0.495. The number of benzene rings is 2. The Labute approximate surface area is 214 Å². The van der Waals surface area contributed by atoms with Crippen LogP contribution in [0.3, 0.4) is 0 Å². The summed E-state index contributed by atoms with van der Waals surface area (Å²) in [4.78, 5) is 31.7. The highest BCUT2D eigenvalue weighted by atomic mass is 35.5. The second kappa shape index (κ2) is 10.1. The van der Waals surface area contributed by atoms with Crippen molar-refractivity contribution < 1.29 is 24.2 Å². The van der Waals surface area contributed by atoms with Crippen LogP contribution in [0.4, 0.5) is 10.5 Å². The lowest BCUT2D eigenvalue weighted by Crippen LogP contribution is -2.42. The van der Waals surface area contributed by atoms with E-state index in [0.717, 1.165) is 54.6 Å². The van der Waals surface area contributed by atoms with Crippen LogP contribution in [0.2, 0.25) is 5.02 Å². The highest BCUT2D eigenvalue weighted by molar-refractivity contribution is 6.30. The van der Waals surface area contributed by atoms with Crippen molar-refractivity contribution in [2.24, 2.45) is 0 Å². The number of aliphatic carboxylic acids is 1. The third-order valence-corrected chi connectivity index (χ3v) is 7.61. The van der Waals surface area contributed by atoms with Crippen molar-refractivity contribution >= 4 is 40.4 Å². The van der Waals surface area contributed by atoms with Gasteiger partial charge in [-0.2, -0.15) is 0 Å². The number of imidazole rings is 1. The van der Waals surface area contributed by atoms with Gasteiger partial charge in [-0.05, 0) is 62.4 Å². The molecule has 3 aromatic rings. The van der Waals surface area contributed by atoms with Crippen LogP contribution in [0.1, 0.15) is 55.1 Å². The van der Waals surface area contributed by atoms with Gasteiger partial charge in [-0.15, -0.1) is 0 Å². The predicted octanol–water partition coefficient (Wildman–Crippen LogP) is 5.36. The Morgan fingerprint density at radius 2 is 2.00 bits per heavy atom. The number of aromatic nitrogens is 2. The number of carbonyl (C=O) groups excluding carboxylic acids is 1. The van der Waals surface area contributed by atoms with Crippen LogP contribution in [0.5, 0.6) is 0 Å². The molecule has 1 fully saturated rings. The summed E-state index contributed by atoms with van der Waals surface area (Å²) in [6, 6.07) is 11.0. The topological polar surface area (TPSA) is 93.9 Å². The summed E-state index contributed by atoms with van der Waals surface area (Å²) in [6.45, 7) is 3.29. The molecule has 2 aliphatic heterocycles. The second-order valence-corrected chi connectivity index (χ2v) is 10.0. The molecule has 0 spiro atoms. The van der Waals surface area contributed by atoms with Crippen molar-refractivity contribution in [1.29, 1.82) is 0 Å². The Morgan fingerprint density at radius 3 is 2.67 bits per heavy atom. The number of carboxylic acids is 1. The van der Waals surface area contributed by atoms with Gasteiger partial charge in [0.1, 0.15) is 5.82 Å². The average molecular weight is 512 g/mol. The van der Waals surface area contributed by atoms with E-state index in [-0.39, 0.29) is 18.5 Å². The zero-order chi connectivity index (χ0) is 25.4. The standard InChI is InChI=1S/C27H30ClN3O5/c1-16-5-10-20-22(30(16)27(34)35-2)11-12-23-25(20)29-24(31(23)19-4-3-13-36-15-19)14-21(26(32)33)17-6-8-18(28)9-7-17/h6-9,11-12,16,19,21H,3-5,10,13-15H2,1-2H3,(H,32,33)/t16-,19-,21-/m0/s1. The fourth-order valence-corrected chi connectivity index (χ4v) is 5.65. The molecule has 8 nitrogen and oxygen atoms in total. The van der Waals surface area contributed by atoms with E-state index in [9.17, 15) is 14.7 Å². The molecule has 1 amide bonds. The maximum atomic E-state index is 12.6. The van der Waals surface area contributed by atoms with Gasteiger partial charge >= 0.3 is 12.1 Å². The van der Waals surface area contributed by atoms with Crippen molar-refractivity contribution in [1.82, 2.24) is 9.55 Å².